The maximum absolute atomic E-state index is 12.0. The fourth-order valence-electron chi connectivity index (χ4n) is 2.92. The minimum Gasteiger partial charge on any atom is -0.423 e. The van der Waals surface area contributed by atoms with Gasteiger partial charge in [0.2, 0.25) is 11.1 Å². The second-order valence-corrected chi connectivity index (χ2v) is 7.55. The molecule has 2 N–H and O–H groups in total. The van der Waals surface area contributed by atoms with Gasteiger partial charge in [0, 0.05) is 41.4 Å². The number of anilines is 1. The zero-order valence-electron chi connectivity index (χ0n) is 15.9. The third-order valence-electron chi connectivity index (χ3n) is 4.30. The summed E-state index contributed by atoms with van der Waals surface area (Å²) in [6.45, 7) is 3.46. The van der Waals surface area contributed by atoms with Crippen LogP contribution in [0.5, 0.6) is 0 Å². The molecular weight excluding hydrogens is 388 g/mol. The van der Waals surface area contributed by atoms with Gasteiger partial charge in [0.05, 0.1) is 0 Å². The van der Waals surface area contributed by atoms with Gasteiger partial charge in [-0.1, -0.05) is 41.6 Å². The summed E-state index contributed by atoms with van der Waals surface area (Å²) in [7, 11) is 0. The molecule has 8 heteroatoms. The highest BCUT2D eigenvalue weighted by Gasteiger charge is 2.11. The highest BCUT2D eigenvalue weighted by atomic mass is 32.2. The molecule has 0 atom stereocenters. The first-order chi connectivity index (χ1) is 14.0. The molecule has 0 spiro atoms. The van der Waals surface area contributed by atoms with Gasteiger partial charge >= 0.3 is 5.63 Å². The predicted octanol–water partition coefficient (Wildman–Crippen LogP) is 4.14. The molecule has 0 saturated carbocycles. The van der Waals surface area contributed by atoms with Crippen LogP contribution in [0.1, 0.15) is 18.1 Å². The van der Waals surface area contributed by atoms with E-state index in [2.05, 4.69) is 20.5 Å². The maximum atomic E-state index is 12.0. The van der Waals surface area contributed by atoms with E-state index in [1.807, 2.05) is 37.3 Å². The molecule has 4 aromatic rings. The van der Waals surface area contributed by atoms with Crippen molar-refractivity contribution in [3.63, 3.8) is 0 Å². The molecule has 0 unspecified atom stereocenters. The van der Waals surface area contributed by atoms with Crippen molar-refractivity contribution in [2.24, 2.45) is 0 Å². The van der Waals surface area contributed by atoms with Crippen LogP contribution in [-0.4, -0.2) is 21.1 Å². The van der Waals surface area contributed by atoms with Gasteiger partial charge < -0.3 is 9.73 Å². The van der Waals surface area contributed by atoms with Gasteiger partial charge in [0.1, 0.15) is 5.58 Å². The highest BCUT2D eigenvalue weighted by Crippen LogP contribution is 2.27. The average molecular weight is 406 g/mol. The van der Waals surface area contributed by atoms with Crippen molar-refractivity contribution < 1.29 is 9.21 Å². The summed E-state index contributed by atoms with van der Waals surface area (Å²) in [6.07, 6.45) is 0. The van der Waals surface area contributed by atoms with Gasteiger partial charge in [0.25, 0.3) is 0 Å². The number of nitrogens with one attached hydrogen (secondary N) is 2. The molecule has 2 aromatic carbocycles. The Bertz CT molecular complexity index is 1250. The van der Waals surface area contributed by atoms with Crippen LogP contribution in [0.2, 0.25) is 0 Å². The van der Waals surface area contributed by atoms with Gasteiger partial charge in [-0.15, -0.1) is 5.10 Å². The summed E-state index contributed by atoms with van der Waals surface area (Å²) in [5, 5.41) is 11.3. The van der Waals surface area contributed by atoms with E-state index in [1.54, 1.807) is 12.1 Å². The molecule has 0 aliphatic carbocycles. The fourth-order valence-corrected chi connectivity index (χ4v) is 3.71. The van der Waals surface area contributed by atoms with Crippen LogP contribution in [0.25, 0.3) is 22.4 Å². The maximum Gasteiger partial charge on any atom is 0.336 e. The first kappa shape index (κ1) is 18.9. The number of fused-ring (bicyclic) bond motifs is 1. The number of nitrogens with zero attached hydrogens (tertiary/aromatic N) is 2. The number of hydrogen-bond donors (Lipinski definition) is 2. The standard InChI is InChI=1S/C21H18N4O3S/c1-12-3-5-14(6-4-12)20-23-21(25-24-20)29-11-15-9-19(27)28-18-10-16(22-13(2)26)7-8-17(15)18/h3-10H,11H2,1-2H3,(H,22,26)(H,23,24,25). The Morgan fingerprint density at radius 2 is 1.97 bits per heavy atom. The number of thioether (sulfide) groups is 1. The minimum absolute atomic E-state index is 0.188. The molecule has 4 rings (SSSR count). The monoisotopic (exact) mass is 406 g/mol. The number of benzene rings is 2. The van der Waals surface area contributed by atoms with Gasteiger partial charge in [-0.3, -0.25) is 9.89 Å². The molecule has 2 aromatic heterocycles. The van der Waals surface area contributed by atoms with Crippen LogP contribution < -0.4 is 10.9 Å². The lowest BCUT2D eigenvalue weighted by Crippen LogP contribution is -2.06. The normalized spacial score (nSPS) is 11.0. The van der Waals surface area contributed by atoms with Gasteiger partial charge in [0.15, 0.2) is 5.82 Å². The number of carbonyl (C=O) groups is 1. The quantitative estimate of drug-likeness (QED) is 0.382. The van der Waals surface area contributed by atoms with E-state index < -0.39 is 5.63 Å². The smallest absolute Gasteiger partial charge is 0.336 e. The summed E-state index contributed by atoms with van der Waals surface area (Å²) in [4.78, 5) is 27.7. The molecule has 0 radical (unpaired) electrons. The molecule has 0 aliphatic rings. The highest BCUT2D eigenvalue weighted by molar-refractivity contribution is 7.98. The molecule has 146 valence electrons. The van der Waals surface area contributed by atoms with Crippen LogP contribution in [0, 0.1) is 6.92 Å². The Morgan fingerprint density at radius 1 is 1.17 bits per heavy atom. The minimum atomic E-state index is -0.441. The first-order valence-corrected chi connectivity index (χ1v) is 9.93. The van der Waals surface area contributed by atoms with Crippen molar-refractivity contribution in [2.75, 3.05) is 5.32 Å². The molecule has 2 heterocycles. The number of aryl methyl sites for hydroxylation is 1. The van der Waals surface area contributed by atoms with Crippen molar-refractivity contribution in [1.82, 2.24) is 15.2 Å². The lowest BCUT2D eigenvalue weighted by atomic mass is 10.1. The summed E-state index contributed by atoms with van der Waals surface area (Å²) < 4.78 is 5.29. The van der Waals surface area contributed by atoms with E-state index in [1.165, 1.54) is 30.3 Å². The Morgan fingerprint density at radius 3 is 2.72 bits per heavy atom. The average Bonchev–Trinajstić information content (AvgIpc) is 3.15. The zero-order chi connectivity index (χ0) is 20.4. The number of carbonyl (C=O) groups excluding carboxylic acids is 1. The Labute approximate surface area is 170 Å². The lowest BCUT2D eigenvalue weighted by molar-refractivity contribution is -0.114. The van der Waals surface area contributed by atoms with Crippen LogP contribution in [0.3, 0.4) is 0 Å². The third-order valence-corrected chi connectivity index (χ3v) is 5.19. The number of amides is 1. The summed E-state index contributed by atoms with van der Waals surface area (Å²) in [6, 6.07) is 14.8. The van der Waals surface area contributed by atoms with E-state index in [0.717, 1.165) is 16.5 Å². The second-order valence-electron chi connectivity index (χ2n) is 6.60. The first-order valence-electron chi connectivity index (χ1n) is 8.94. The number of aromatic amines is 1. The Hall–Kier alpha value is -3.39. The van der Waals surface area contributed by atoms with Crippen molar-refractivity contribution in [1.29, 1.82) is 0 Å². The summed E-state index contributed by atoms with van der Waals surface area (Å²) in [5.74, 6) is 1.02. The molecule has 0 saturated heterocycles. The molecule has 29 heavy (non-hydrogen) atoms. The lowest BCUT2D eigenvalue weighted by Gasteiger charge is -2.06. The predicted molar refractivity (Wildman–Crippen MR) is 113 cm³/mol. The van der Waals surface area contributed by atoms with E-state index in [9.17, 15) is 9.59 Å². The molecule has 0 aliphatic heterocycles. The number of H-pyrrole nitrogens is 1. The largest absolute Gasteiger partial charge is 0.423 e. The van der Waals surface area contributed by atoms with Crippen LogP contribution in [0.4, 0.5) is 5.69 Å². The molecule has 1 amide bonds. The molecule has 0 fully saturated rings. The van der Waals surface area contributed by atoms with Crippen LogP contribution >= 0.6 is 11.8 Å². The van der Waals surface area contributed by atoms with Crippen molar-refractivity contribution in [3.05, 3.63) is 70.1 Å². The summed E-state index contributed by atoms with van der Waals surface area (Å²) >= 11 is 1.43. The SMILES string of the molecule is CC(=O)Nc1ccc2c(CSc3n[nH]c(-c4ccc(C)cc4)n3)cc(=O)oc2c1. The van der Waals surface area contributed by atoms with E-state index in [-0.39, 0.29) is 5.91 Å². The fraction of sp³-hybridized carbons (Fsp3) is 0.143. The topological polar surface area (TPSA) is 101 Å². The third kappa shape index (κ3) is 4.38. The number of aromatic nitrogens is 3. The van der Waals surface area contributed by atoms with Crippen molar-refractivity contribution >= 4 is 34.3 Å². The van der Waals surface area contributed by atoms with E-state index in [4.69, 9.17) is 4.42 Å². The van der Waals surface area contributed by atoms with Gasteiger partial charge in [-0.2, -0.15) is 0 Å². The molecular formula is C21H18N4O3S. The number of rotatable bonds is 5. The van der Waals surface area contributed by atoms with Gasteiger partial charge in [-0.25, -0.2) is 9.78 Å². The second kappa shape index (κ2) is 7.92. The van der Waals surface area contributed by atoms with Gasteiger partial charge in [-0.05, 0) is 24.6 Å². The molecule has 7 nitrogen and oxygen atoms in total. The molecule has 0 bridgehead atoms. The van der Waals surface area contributed by atoms with E-state index >= 15 is 0 Å². The summed E-state index contributed by atoms with van der Waals surface area (Å²) in [5.41, 5.74) is 3.52. The van der Waals surface area contributed by atoms with Crippen molar-refractivity contribution in [2.45, 2.75) is 24.8 Å². The van der Waals surface area contributed by atoms with Crippen molar-refractivity contribution in [3.8, 4) is 11.4 Å². The van der Waals surface area contributed by atoms with Crippen LogP contribution in [-0.2, 0) is 10.5 Å². The Balaban J connectivity index is 1.56. The van der Waals surface area contributed by atoms with E-state index in [0.29, 0.717) is 28.0 Å². The number of hydrogen-bond acceptors (Lipinski definition) is 6. The zero-order valence-corrected chi connectivity index (χ0v) is 16.7. The van der Waals surface area contributed by atoms with Crippen LogP contribution in [0.15, 0.2) is 62.9 Å². The Kier molecular flexibility index (Phi) is 5.18.